The lowest BCUT2D eigenvalue weighted by atomic mass is 9.88. The van der Waals surface area contributed by atoms with Crippen LogP contribution in [0.4, 0.5) is 0 Å². The zero-order valence-electron chi connectivity index (χ0n) is 8.90. The van der Waals surface area contributed by atoms with Gasteiger partial charge in [0.05, 0.1) is 5.75 Å². The van der Waals surface area contributed by atoms with E-state index in [1.54, 1.807) is 0 Å². The van der Waals surface area contributed by atoms with Gasteiger partial charge < -0.3 is 0 Å². The highest BCUT2D eigenvalue weighted by Crippen LogP contribution is 2.25. The Hall–Kier alpha value is -0.540. The van der Waals surface area contributed by atoms with Gasteiger partial charge in [-0.2, -0.15) is 0 Å². The summed E-state index contributed by atoms with van der Waals surface area (Å²) in [5, 5.41) is 0. The van der Waals surface area contributed by atoms with E-state index in [0.29, 0.717) is 6.42 Å². The molecule has 0 bridgehead atoms. The molecule has 15 heavy (non-hydrogen) atoms. The zero-order chi connectivity index (χ0) is 11.5. The molecule has 0 aromatic heterocycles. The van der Waals surface area contributed by atoms with Crippen LogP contribution in [0.25, 0.3) is 0 Å². The molecule has 84 valence electrons. The first-order valence-corrected chi connectivity index (χ1v) is 7.23. The lowest BCUT2D eigenvalue weighted by Crippen LogP contribution is -2.23. The summed E-state index contributed by atoms with van der Waals surface area (Å²) in [6.07, 6.45) is 0.708. The van der Waals surface area contributed by atoms with Gasteiger partial charge in [-0.3, -0.25) is 0 Å². The van der Waals surface area contributed by atoms with Crippen molar-refractivity contribution >= 4 is 19.7 Å². The summed E-state index contributed by atoms with van der Waals surface area (Å²) in [6, 6.07) is 9.81. The van der Waals surface area contributed by atoms with Crippen LogP contribution in [-0.2, 0) is 15.5 Å². The van der Waals surface area contributed by atoms with Gasteiger partial charge in [-0.25, -0.2) is 8.42 Å². The SMILES string of the molecule is CC(C)(Cc1ccccc1)CS(=O)(=O)Cl. The first-order valence-electron chi connectivity index (χ1n) is 4.75. The second-order valence-corrected chi connectivity index (χ2v) is 7.29. The molecule has 0 unspecified atom stereocenters. The van der Waals surface area contributed by atoms with Crippen LogP contribution in [0, 0.1) is 5.41 Å². The van der Waals surface area contributed by atoms with Gasteiger partial charge in [0.1, 0.15) is 0 Å². The fourth-order valence-corrected chi connectivity index (χ4v) is 3.59. The molecule has 1 aromatic rings. The lowest BCUT2D eigenvalue weighted by Gasteiger charge is -2.22. The van der Waals surface area contributed by atoms with Gasteiger partial charge in [0.15, 0.2) is 0 Å². The Morgan fingerprint density at radius 1 is 1.20 bits per heavy atom. The van der Waals surface area contributed by atoms with Crippen molar-refractivity contribution in [1.82, 2.24) is 0 Å². The zero-order valence-corrected chi connectivity index (χ0v) is 10.5. The third-order valence-corrected chi connectivity index (χ3v) is 3.54. The Kier molecular flexibility index (Phi) is 3.79. The largest absolute Gasteiger partial charge is 0.233 e. The Balaban J connectivity index is 2.73. The smallest absolute Gasteiger partial charge is 0.212 e. The number of benzene rings is 1. The summed E-state index contributed by atoms with van der Waals surface area (Å²) in [6.45, 7) is 3.81. The molecular formula is C11H15ClO2S. The van der Waals surface area contributed by atoms with Crippen molar-refractivity contribution in [1.29, 1.82) is 0 Å². The third-order valence-electron chi connectivity index (χ3n) is 2.09. The average Bonchev–Trinajstić information content (AvgIpc) is 1.99. The number of hydrogen-bond acceptors (Lipinski definition) is 2. The van der Waals surface area contributed by atoms with Crippen LogP contribution in [0.5, 0.6) is 0 Å². The summed E-state index contributed by atoms with van der Waals surface area (Å²) in [5.41, 5.74) is 0.796. The monoisotopic (exact) mass is 246 g/mol. The van der Waals surface area contributed by atoms with E-state index < -0.39 is 9.05 Å². The molecule has 0 aliphatic rings. The normalized spacial score (nSPS) is 12.7. The molecule has 0 saturated heterocycles. The molecule has 0 saturated carbocycles. The molecule has 0 heterocycles. The third kappa shape index (κ3) is 5.19. The first-order chi connectivity index (χ1) is 6.79. The molecule has 0 aliphatic carbocycles. The second kappa shape index (κ2) is 4.54. The number of hydrogen-bond donors (Lipinski definition) is 0. The van der Waals surface area contributed by atoms with Gasteiger partial charge in [0.2, 0.25) is 9.05 Å². The number of rotatable bonds is 4. The molecule has 2 nitrogen and oxygen atoms in total. The molecule has 0 amide bonds. The van der Waals surface area contributed by atoms with Crippen LogP contribution < -0.4 is 0 Å². The molecule has 0 spiro atoms. The number of halogens is 1. The Bertz CT molecular complexity index is 409. The van der Waals surface area contributed by atoms with Crippen molar-refractivity contribution in [2.24, 2.45) is 5.41 Å². The van der Waals surface area contributed by atoms with E-state index in [2.05, 4.69) is 0 Å². The quantitative estimate of drug-likeness (QED) is 0.766. The fraction of sp³-hybridized carbons (Fsp3) is 0.455. The van der Waals surface area contributed by atoms with Gasteiger partial charge >= 0.3 is 0 Å². The van der Waals surface area contributed by atoms with Crippen LogP contribution in [0.1, 0.15) is 19.4 Å². The van der Waals surface area contributed by atoms with Crippen molar-refractivity contribution < 1.29 is 8.42 Å². The van der Waals surface area contributed by atoms with Crippen LogP contribution in [-0.4, -0.2) is 14.2 Å². The van der Waals surface area contributed by atoms with E-state index in [9.17, 15) is 8.42 Å². The maximum atomic E-state index is 11.0. The molecule has 1 aromatic carbocycles. The summed E-state index contributed by atoms with van der Waals surface area (Å²) in [4.78, 5) is 0. The first kappa shape index (κ1) is 12.5. The predicted octanol–water partition coefficient (Wildman–Crippen LogP) is 2.82. The molecular weight excluding hydrogens is 232 g/mol. The molecule has 0 radical (unpaired) electrons. The van der Waals surface area contributed by atoms with E-state index in [1.165, 1.54) is 0 Å². The Morgan fingerprint density at radius 3 is 2.20 bits per heavy atom. The van der Waals surface area contributed by atoms with Crippen LogP contribution in [0.2, 0.25) is 0 Å². The van der Waals surface area contributed by atoms with Crippen molar-refractivity contribution in [2.75, 3.05) is 5.75 Å². The minimum Gasteiger partial charge on any atom is -0.212 e. The van der Waals surface area contributed by atoms with Gasteiger partial charge in [-0.1, -0.05) is 44.2 Å². The minimum atomic E-state index is -3.43. The van der Waals surface area contributed by atoms with Gasteiger partial charge in [0, 0.05) is 10.7 Å². The summed E-state index contributed by atoms with van der Waals surface area (Å²) >= 11 is 0. The van der Waals surface area contributed by atoms with Crippen molar-refractivity contribution in [3.05, 3.63) is 35.9 Å². The van der Waals surface area contributed by atoms with E-state index in [0.717, 1.165) is 5.56 Å². The van der Waals surface area contributed by atoms with Gasteiger partial charge in [0.25, 0.3) is 0 Å². The van der Waals surface area contributed by atoms with Gasteiger partial charge in [-0.05, 0) is 17.4 Å². The van der Waals surface area contributed by atoms with E-state index in [-0.39, 0.29) is 11.2 Å². The second-order valence-electron chi connectivity index (χ2n) is 4.51. The van der Waals surface area contributed by atoms with Crippen LogP contribution in [0.15, 0.2) is 30.3 Å². The Labute approximate surface area is 95.7 Å². The van der Waals surface area contributed by atoms with E-state index >= 15 is 0 Å². The predicted molar refractivity (Wildman–Crippen MR) is 63.6 cm³/mol. The minimum absolute atomic E-state index is 0.00352. The van der Waals surface area contributed by atoms with Crippen molar-refractivity contribution in [3.63, 3.8) is 0 Å². The molecule has 0 N–H and O–H groups in total. The highest BCUT2D eigenvalue weighted by Gasteiger charge is 2.25. The lowest BCUT2D eigenvalue weighted by molar-refractivity contribution is 0.412. The highest BCUT2D eigenvalue weighted by molar-refractivity contribution is 8.13. The maximum absolute atomic E-state index is 11.0. The molecule has 0 atom stereocenters. The molecule has 4 heteroatoms. The van der Waals surface area contributed by atoms with Crippen LogP contribution >= 0.6 is 10.7 Å². The van der Waals surface area contributed by atoms with Crippen LogP contribution in [0.3, 0.4) is 0 Å². The summed E-state index contributed by atoms with van der Waals surface area (Å²) in [5.74, 6) is -0.00352. The molecule has 1 rings (SSSR count). The highest BCUT2D eigenvalue weighted by atomic mass is 35.7. The van der Waals surface area contributed by atoms with E-state index in [4.69, 9.17) is 10.7 Å². The van der Waals surface area contributed by atoms with Gasteiger partial charge in [-0.15, -0.1) is 0 Å². The Morgan fingerprint density at radius 2 is 1.73 bits per heavy atom. The summed E-state index contributed by atoms with van der Waals surface area (Å²) < 4.78 is 22.0. The molecule has 0 aliphatic heterocycles. The maximum Gasteiger partial charge on any atom is 0.233 e. The van der Waals surface area contributed by atoms with Crippen molar-refractivity contribution in [3.8, 4) is 0 Å². The van der Waals surface area contributed by atoms with Crippen molar-refractivity contribution in [2.45, 2.75) is 20.3 Å². The average molecular weight is 247 g/mol. The summed E-state index contributed by atoms with van der Waals surface area (Å²) in [7, 11) is 1.83. The fourth-order valence-electron chi connectivity index (χ4n) is 1.67. The topological polar surface area (TPSA) is 34.1 Å². The standard InChI is InChI=1S/C11H15ClO2S/c1-11(2,9-15(12,13)14)8-10-6-4-3-5-7-10/h3-7H,8-9H2,1-2H3. The molecule has 0 fully saturated rings. The van der Waals surface area contributed by atoms with E-state index in [1.807, 2.05) is 44.2 Å².